The molecule has 0 aliphatic carbocycles. The molecular formula is C12H22ClN3. The molecule has 1 aromatic heterocycles. The van der Waals surface area contributed by atoms with Crippen LogP contribution in [0, 0.1) is 12.3 Å². The zero-order chi connectivity index (χ0) is 12.3. The molecule has 0 aliphatic rings. The van der Waals surface area contributed by atoms with Crippen LogP contribution in [0.4, 0.5) is 0 Å². The van der Waals surface area contributed by atoms with Crippen molar-refractivity contribution in [2.75, 3.05) is 13.1 Å². The Kier molecular flexibility index (Phi) is 4.39. The third-order valence-corrected chi connectivity index (χ3v) is 3.25. The van der Waals surface area contributed by atoms with Crippen LogP contribution in [-0.4, -0.2) is 22.9 Å². The topological polar surface area (TPSA) is 29.9 Å². The highest BCUT2D eigenvalue weighted by atomic mass is 35.5. The van der Waals surface area contributed by atoms with Gasteiger partial charge in [0.1, 0.15) is 0 Å². The number of nitrogens with one attached hydrogen (secondary N) is 1. The molecule has 0 bridgehead atoms. The predicted octanol–water partition coefficient (Wildman–Crippen LogP) is 2.56. The summed E-state index contributed by atoms with van der Waals surface area (Å²) >= 11 is 6.25. The Balaban J connectivity index is 2.79. The fourth-order valence-electron chi connectivity index (χ4n) is 1.85. The standard InChI is InChI=1S/C12H22ClN3/c1-6-14-8-12(3,4)7-10-11(13)9(2)15-16(10)5/h14H,6-8H2,1-5H3. The first-order chi connectivity index (χ1) is 7.37. The van der Waals surface area contributed by atoms with Crippen molar-refractivity contribution in [3.8, 4) is 0 Å². The zero-order valence-electron chi connectivity index (χ0n) is 10.9. The fourth-order valence-corrected chi connectivity index (χ4v) is 2.08. The lowest BCUT2D eigenvalue weighted by molar-refractivity contribution is 0.334. The van der Waals surface area contributed by atoms with Gasteiger partial charge in [-0.15, -0.1) is 0 Å². The van der Waals surface area contributed by atoms with Crippen molar-refractivity contribution in [3.63, 3.8) is 0 Å². The van der Waals surface area contributed by atoms with Crippen molar-refractivity contribution in [2.45, 2.75) is 34.1 Å². The Morgan fingerprint density at radius 2 is 2.06 bits per heavy atom. The minimum atomic E-state index is 0.194. The quantitative estimate of drug-likeness (QED) is 0.862. The van der Waals surface area contributed by atoms with E-state index in [1.807, 2.05) is 18.7 Å². The van der Waals surface area contributed by atoms with Crippen LogP contribution in [0.2, 0.25) is 5.02 Å². The molecule has 0 saturated heterocycles. The van der Waals surface area contributed by atoms with Gasteiger partial charge in [-0.2, -0.15) is 5.10 Å². The van der Waals surface area contributed by atoms with Crippen LogP contribution in [0.25, 0.3) is 0 Å². The Morgan fingerprint density at radius 3 is 2.50 bits per heavy atom. The summed E-state index contributed by atoms with van der Waals surface area (Å²) in [5.41, 5.74) is 2.24. The molecule has 16 heavy (non-hydrogen) atoms. The van der Waals surface area contributed by atoms with E-state index in [1.165, 1.54) is 0 Å². The van der Waals surface area contributed by atoms with Crippen LogP contribution in [-0.2, 0) is 13.5 Å². The lowest BCUT2D eigenvalue weighted by Crippen LogP contribution is -2.31. The molecule has 0 radical (unpaired) electrons. The Bertz CT molecular complexity index is 355. The first-order valence-electron chi connectivity index (χ1n) is 5.76. The number of nitrogens with zero attached hydrogens (tertiary/aromatic N) is 2. The number of hydrogen-bond donors (Lipinski definition) is 1. The Labute approximate surface area is 103 Å². The largest absolute Gasteiger partial charge is 0.316 e. The van der Waals surface area contributed by atoms with E-state index in [-0.39, 0.29) is 5.41 Å². The molecule has 0 amide bonds. The van der Waals surface area contributed by atoms with Crippen molar-refractivity contribution in [2.24, 2.45) is 12.5 Å². The van der Waals surface area contributed by atoms with Gasteiger partial charge in [0.2, 0.25) is 0 Å². The molecule has 92 valence electrons. The number of aryl methyl sites for hydroxylation is 2. The maximum absolute atomic E-state index is 6.25. The van der Waals surface area contributed by atoms with Crippen LogP contribution >= 0.6 is 11.6 Å². The summed E-state index contributed by atoms with van der Waals surface area (Å²) in [5, 5.41) is 8.53. The van der Waals surface area contributed by atoms with E-state index in [1.54, 1.807) is 0 Å². The van der Waals surface area contributed by atoms with Gasteiger partial charge in [0.15, 0.2) is 0 Å². The molecular weight excluding hydrogens is 222 g/mol. The molecule has 0 fully saturated rings. The van der Waals surface area contributed by atoms with E-state index < -0.39 is 0 Å². The predicted molar refractivity (Wildman–Crippen MR) is 69.0 cm³/mol. The van der Waals surface area contributed by atoms with E-state index in [0.29, 0.717) is 0 Å². The summed E-state index contributed by atoms with van der Waals surface area (Å²) in [7, 11) is 1.96. The van der Waals surface area contributed by atoms with Crippen molar-refractivity contribution in [1.29, 1.82) is 0 Å². The summed E-state index contributed by atoms with van der Waals surface area (Å²) in [6.07, 6.45) is 0.941. The zero-order valence-corrected chi connectivity index (χ0v) is 11.6. The molecule has 0 aliphatic heterocycles. The van der Waals surface area contributed by atoms with E-state index in [4.69, 9.17) is 11.6 Å². The van der Waals surface area contributed by atoms with Crippen molar-refractivity contribution in [1.82, 2.24) is 15.1 Å². The molecule has 0 unspecified atom stereocenters. The summed E-state index contributed by atoms with van der Waals surface area (Å²) in [6.45, 7) is 10.6. The van der Waals surface area contributed by atoms with E-state index in [2.05, 4.69) is 31.2 Å². The summed E-state index contributed by atoms with van der Waals surface area (Å²) in [4.78, 5) is 0. The van der Waals surface area contributed by atoms with Crippen LogP contribution in [0.5, 0.6) is 0 Å². The highest BCUT2D eigenvalue weighted by Gasteiger charge is 2.22. The van der Waals surface area contributed by atoms with E-state index >= 15 is 0 Å². The van der Waals surface area contributed by atoms with Gasteiger partial charge in [0.05, 0.1) is 16.4 Å². The summed E-state index contributed by atoms with van der Waals surface area (Å²) in [6, 6.07) is 0. The average Bonchev–Trinajstić information content (AvgIpc) is 2.42. The minimum absolute atomic E-state index is 0.194. The lowest BCUT2D eigenvalue weighted by atomic mass is 9.87. The summed E-state index contributed by atoms with van der Waals surface area (Å²) < 4.78 is 1.89. The normalized spacial score (nSPS) is 12.1. The summed E-state index contributed by atoms with van der Waals surface area (Å²) in [5.74, 6) is 0. The second kappa shape index (κ2) is 5.19. The van der Waals surface area contributed by atoms with Gasteiger partial charge in [-0.25, -0.2) is 0 Å². The first-order valence-corrected chi connectivity index (χ1v) is 6.14. The van der Waals surface area contributed by atoms with Gasteiger partial charge < -0.3 is 5.32 Å². The fraction of sp³-hybridized carbons (Fsp3) is 0.750. The van der Waals surface area contributed by atoms with Gasteiger partial charge >= 0.3 is 0 Å². The van der Waals surface area contributed by atoms with Crippen LogP contribution in [0.1, 0.15) is 32.2 Å². The number of aromatic nitrogens is 2. The van der Waals surface area contributed by atoms with E-state index in [0.717, 1.165) is 35.9 Å². The monoisotopic (exact) mass is 243 g/mol. The molecule has 3 nitrogen and oxygen atoms in total. The third-order valence-electron chi connectivity index (χ3n) is 2.76. The van der Waals surface area contributed by atoms with Gasteiger partial charge in [-0.3, -0.25) is 4.68 Å². The van der Waals surface area contributed by atoms with Gasteiger partial charge in [0.25, 0.3) is 0 Å². The molecule has 1 heterocycles. The molecule has 1 N–H and O–H groups in total. The lowest BCUT2D eigenvalue weighted by Gasteiger charge is -2.25. The second-order valence-corrected chi connectivity index (χ2v) is 5.47. The third kappa shape index (κ3) is 3.22. The highest BCUT2D eigenvalue weighted by Crippen LogP contribution is 2.27. The van der Waals surface area contributed by atoms with Gasteiger partial charge in [0, 0.05) is 13.6 Å². The van der Waals surface area contributed by atoms with Crippen molar-refractivity contribution >= 4 is 11.6 Å². The van der Waals surface area contributed by atoms with Crippen LogP contribution in [0.3, 0.4) is 0 Å². The second-order valence-electron chi connectivity index (χ2n) is 5.09. The number of hydrogen-bond acceptors (Lipinski definition) is 2. The maximum Gasteiger partial charge on any atom is 0.0847 e. The molecule has 0 aromatic carbocycles. The smallest absolute Gasteiger partial charge is 0.0847 e. The van der Waals surface area contributed by atoms with Crippen molar-refractivity contribution < 1.29 is 0 Å². The molecule has 1 rings (SSSR count). The molecule has 0 spiro atoms. The first kappa shape index (κ1) is 13.5. The van der Waals surface area contributed by atoms with Gasteiger partial charge in [-0.1, -0.05) is 32.4 Å². The molecule has 0 saturated carbocycles. The number of halogens is 1. The highest BCUT2D eigenvalue weighted by molar-refractivity contribution is 6.31. The number of rotatable bonds is 5. The average molecular weight is 244 g/mol. The van der Waals surface area contributed by atoms with Crippen molar-refractivity contribution in [3.05, 3.63) is 16.4 Å². The maximum atomic E-state index is 6.25. The molecule has 0 atom stereocenters. The van der Waals surface area contributed by atoms with Crippen LogP contribution in [0.15, 0.2) is 0 Å². The molecule has 4 heteroatoms. The van der Waals surface area contributed by atoms with Gasteiger partial charge in [-0.05, 0) is 25.3 Å². The molecule has 1 aromatic rings. The van der Waals surface area contributed by atoms with E-state index in [9.17, 15) is 0 Å². The Morgan fingerprint density at radius 1 is 1.44 bits per heavy atom. The van der Waals surface area contributed by atoms with Crippen LogP contribution < -0.4 is 5.32 Å². The minimum Gasteiger partial charge on any atom is -0.316 e. The SMILES string of the molecule is CCNCC(C)(C)Cc1c(Cl)c(C)nn1C. The Hall–Kier alpha value is -0.540.